The fourth-order valence-corrected chi connectivity index (χ4v) is 4.08. The molecule has 3 heterocycles. The molecule has 110 valence electrons. The number of rotatable bonds is 3. The molecular formula is C15H29N3O. The molecule has 1 N–H and O–H groups in total. The molecule has 4 heteroatoms. The maximum Gasteiger partial charge on any atom is 0.0829 e. The van der Waals surface area contributed by atoms with Gasteiger partial charge < -0.3 is 15.0 Å². The van der Waals surface area contributed by atoms with Crippen LogP contribution in [0.3, 0.4) is 0 Å². The van der Waals surface area contributed by atoms with Crippen LogP contribution in [-0.2, 0) is 4.74 Å². The summed E-state index contributed by atoms with van der Waals surface area (Å²) < 4.78 is 5.95. The van der Waals surface area contributed by atoms with Gasteiger partial charge in [-0.25, -0.2) is 0 Å². The summed E-state index contributed by atoms with van der Waals surface area (Å²) in [7, 11) is 2.21. The van der Waals surface area contributed by atoms with E-state index in [2.05, 4.69) is 22.2 Å². The molecule has 3 saturated heterocycles. The summed E-state index contributed by atoms with van der Waals surface area (Å²) in [6.45, 7) is 7.99. The van der Waals surface area contributed by atoms with Gasteiger partial charge in [-0.15, -0.1) is 0 Å². The lowest BCUT2D eigenvalue weighted by molar-refractivity contribution is -0.0407. The van der Waals surface area contributed by atoms with E-state index < -0.39 is 0 Å². The van der Waals surface area contributed by atoms with E-state index in [1.165, 1.54) is 45.3 Å². The van der Waals surface area contributed by atoms with Crippen LogP contribution in [0.25, 0.3) is 0 Å². The number of morpholine rings is 1. The third-order valence-electron chi connectivity index (χ3n) is 5.12. The van der Waals surface area contributed by atoms with Gasteiger partial charge in [-0.05, 0) is 58.3 Å². The van der Waals surface area contributed by atoms with Crippen LogP contribution in [-0.4, -0.2) is 74.9 Å². The van der Waals surface area contributed by atoms with Crippen molar-refractivity contribution in [3.8, 4) is 0 Å². The van der Waals surface area contributed by atoms with Crippen LogP contribution in [0.4, 0.5) is 0 Å². The van der Waals surface area contributed by atoms with Crippen LogP contribution in [0.2, 0.25) is 0 Å². The molecular weight excluding hydrogens is 238 g/mol. The molecule has 0 aromatic carbocycles. The molecule has 0 saturated carbocycles. The Morgan fingerprint density at radius 1 is 1.16 bits per heavy atom. The van der Waals surface area contributed by atoms with Gasteiger partial charge in [0.25, 0.3) is 0 Å². The highest BCUT2D eigenvalue weighted by Gasteiger charge is 2.34. The number of hydrogen-bond donors (Lipinski definition) is 1. The lowest BCUT2D eigenvalue weighted by Gasteiger charge is -2.38. The SMILES string of the molecule is CN1CCOC(CN2CCCC2C2CCNCC2)C1. The monoisotopic (exact) mass is 267 g/mol. The summed E-state index contributed by atoms with van der Waals surface area (Å²) in [6.07, 6.45) is 5.96. The molecule has 0 bridgehead atoms. The zero-order valence-corrected chi connectivity index (χ0v) is 12.3. The van der Waals surface area contributed by atoms with E-state index in [9.17, 15) is 0 Å². The van der Waals surface area contributed by atoms with E-state index >= 15 is 0 Å². The van der Waals surface area contributed by atoms with Crippen molar-refractivity contribution in [1.82, 2.24) is 15.1 Å². The Balaban J connectivity index is 1.53. The summed E-state index contributed by atoms with van der Waals surface area (Å²) in [5, 5.41) is 3.49. The minimum absolute atomic E-state index is 0.432. The van der Waals surface area contributed by atoms with Gasteiger partial charge in [-0.2, -0.15) is 0 Å². The molecule has 19 heavy (non-hydrogen) atoms. The zero-order valence-electron chi connectivity index (χ0n) is 12.3. The van der Waals surface area contributed by atoms with E-state index in [1.54, 1.807) is 0 Å². The molecule has 4 nitrogen and oxygen atoms in total. The first-order valence-corrected chi connectivity index (χ1v) is 8.08. The number of likely N-dealkylation sites (N-methyl/N-ethyl adjacent to an activating group) is 1. The van der Waals surface area contributed by atoms with E-state index in [0.717, 1.165) is 38.2 Å². The Kier molecular flexibility index (Phi) is 4.74. The Morgan fingerprint density at radius 3 is 2.79 bits per heavy atom. The van der Waals surface area contributed by atoms with Crippen LogP contribution in [0.1, 0.15) is 25.7 Å². The lowest BCUT2D eigenvalue weighted by Crippen LogP contribution is -2.49. The van der Waals surface area contributed by atoms with Crippen molar-refractivity contribution in [3.63, 3.8) is 0 Å². The van der Waals surface area contributed by atoms with Crippen LogP contribution in [0.15, 0.2) is 0 Å². The fourth-order valence-electron chi connectivity index (χ4n) is 4.08. The molecule has 2 unspecified atom stereocenters. The average Bonchev–Trinajstić information content (AvgIpc) is 2.88. The molecule has 3 fully saturated rings. The van der Waals surface area contributed by atoms with Crippen molar-refractivity contribution in [2.75, 3.05) is 52.9 Å². The Morgan fingerprint density at radius 2 is 2.00 bits per heavy atom. The molecule has 0 aromatic heterocycles. The van der Waals surface area contributed by atoms with E-state index in [-0.39, 0.29) is 0 Å². The summed E-state index contributed by atoms with van der Waals surface area (Å²) in [5.74, 6) is 0.921. The highest BCUT2D eigenvalue weighted by Crippen LogP contribution is 2.29. The van der Waals surface area contributed by atoms with Crippen molar-refractivity contribution in [2.24, 2.45) is 5.92 Å². The molecule has 0 aromatic rings. The normalized spacial score (nSPS) is 35.8. The number of ether oxygens (including phenoxy) is 1. The van der Waals surface area contributed by atoms with Crippen LogP contribution >= 0.6 is 0 Å². The first-order chi connectivity index (χ1) is 9.33. The molecule has 3 rings (SSSR count). The molecule has 0 radical (unpaired) electrons. The summed E-state index contributed by atoms with van der Waals surface area (Å²) in [4.78, 5) is 5.14. The highest BCUT2D eigenvalue weighted by molar-refractivity contribution is 4.89. The first kappa shape index (κ1) is 13.8. The molecule has 0 aliphatic carbocycles. The number of nitrogens with zero attached hydrogens (tertiary/aromatic N) is 2. The lowest BCUT2D eigenvalue weighted by atomic mass is 9.88. The van der Waals surface area contributed by atoms with Crippen molar-refractivity contribution in [2.45, 2.75) is 37.8 Å². The Bertz CT molecular complexity index is 281. The van der Waals surface area contributed by atoms with Gasteiger partial charge in [0.05, 0.1) is 12.7 Å². The molecule has 0 amide bonds. The van der Waals surface area contributed by atoms with Gasteiger partial charge in [-0.1, -0.05) is 0 Å². The minimum Gasteiger partial charge on any atom is -0.374 e. The molecule has 2 atom stereocenters. The number of piperidine rings is 1. The molecule has 0 spiro atoms. The van der Waals surface area contributed by atoms with Crippen molar-refractivity contribution < 1.29 is 4.74 Å². The van der Waals surface area contributed by atoms with Gasteiger partial charge in [0.15, 0.2) is 0 Å². The smallest absolute Gasteiger partial charge is 0.0829 e. The Hall–Kier alpha value is -0.160. The standard InChI is InChI=1S/C15H29N3O/c1-17-9-10-19-14(11-17)12-18-8-2-3-15(18)13-4-6-16-7-5-13/h13-16H,2-12H2,1H3. The maximum absolute atomic E-state index is 5.95. The Labute approximate surface area is 117 Å². The zero-order chi connectivity index (χ0) is 13.1. The summed E-state index contributed by atoms with van der Waals surface area (Å²) in [5.41, 5.74) is 0. The van der Waals surface area contributed by atoms with E-state index in [0.29, 0.717) is 6.10 Å². The summed E-state index contributed by atoms with van der Waals surface area (Å²) in [6, 6.07) is 0.831. The second kappa shape index (κ2) is 6.53. The van der Waals surface area contributed by atoms with Gasteiger partial charge >= 0.3 is 0 Å². The van der Waals surface area contributed by atoms with E-state index in [1.807, 2.05) is 0 Å². The van der Waals surface area contributed by atoms with Crippen molar-refractivity contribution in [3.05, 3.63) is 0 Å². The van der Waals surface area contributed by atoms with Crippen molar-refractivity contribution >= 4 is 0 Å². The largest absolute Gasteiger partial charge is 0.374 e. The molecule has 3 aliphatic rings. The topological polar surface area (TPSA) is 27.7 Å². The predicted molar refractivity (Wildman–Crippen MR) is 77.4 cm³/mol. The number of nitrogens with one attached hydrogen (secondary N) is 1. The van der Waals surface area contributed by atoms with Gasteiger partial charge in [0, 0.05) is 25.7 Å². The predicted octanol–water partition coefficient (Wildman–Crippen LogP) is 0.781. The maximum atomic E-state index is 5.95. The first-order valence-electron chi connectivity index (χ1n) is 8.08. The van der Waals surface area contributed by atoms with Crippen LogP contribution < -0.4 is 5.32 Å². The fraction of sp³-hybridized carbons (Fsp3) is 1.00. The van der Waals surface area contributed by atoms with Gasteiger partial charge in [-0.3, -0.25) is 4.90 Å². The van der Waals surface area contributed by atoms with Crippen LogP contribution in [0, 0.1) is 5.92 Å². The highest BCUT2D eigenvalue weighted by atomic mass is 16.5. The van der Waals surface area contributed by atoms with E-state index in [4.69, 9.17) is 4.74 Å². The van der Waals surface area contributed by atoms with Crippen molar-refractivity contribution in [1.29, 1.82) is 0 Å². The van der Waals surface area contributed by atoms with Gasteiger partial charge in [0.2, 0.25) is 0 Å². The van der Waals surface area contributed by atoms with Crippen LogP contribution in [0.5, 0.6) is 0 Å². The third-order valence-corrected chi connectivity index (χ3v) is 5.12. The second-order valence-electron chi connectivity index (χ2n) is 6.55. The second-order valence-corrected chi connectivity index (χ2v) is 6.55. The number of hydrogen-bond acceptors (Lipinski definition) is 4. The minimum atomic E-state index is 0.432. The number of likely N-dealkylation sites (tertiary alicyclic amines) is 1. The quantitative estimate of drug-likeness (QED) is 0.818. The average molecular weight is 267 g/mol. The van der Waals surface area contributed by atoms with Gasteiger partial charge in [0.1, 0.15) is 0 Å². The molecule has 3 aliphatic heterocycles. The summed E-state index contributed by atoms with van der Waals surface area (Å²) >= 11 is 0. The third kappa shape index (κ3) is 3.48.